The van der Waals surface area contributed by atoms with Crippen molar-refractivity contribution in [3.63, 3.8) is 0 Å². The van der Waals surface area contributed by atoms with Crippen LogP contribution in [0.3, 0.4) is 0 Å². The Kier molecular flexibility index (Phi) is 5.75. The summed E-state index contributed by atoms with van der Waals surface area (Å²) in [5.41, 5.74) is 3.08. The molecule has 0 spiro atoms. The van der Waals surface area contributed by atoms with E-state index in [2.05, 4.69) is 20.9 Å². The summed E-state index contributed by atoms with van der Waals surface area (Å²) in [6, 6.07) is 24.1. The Hall–Kier alpha value is -2.62. The van der Waals surface area contributed by atoms with Crippen LogP contribution in [0.5, 0.6) is 0 Å². The molecule has 4 aromatic rings. The largest absolute Gasteiger partial charge is 0.192 e. The van der Waals surface area contributed by atoms with E-state index in [1.54, 1.807) is 0 Å². The van der Waals surface area contributed by atoms with Gasteiger partial charge in [0.05, 0.1) is 9.75 Å². The second-order valence-electron chi connectivity index (χ2n) is 5.51. The zero-order chi connectivity index (χ0) is 19.3. The summed E-state index contributed by atoms with van der Waals surface area (Å²) >= 11 is 2.62. The maximum atomic E-state index is 9.63. The van der Waals surface area contributed by atoms with E-state index in [1.165, 1.54) is 44.7 Å². The van der Waals surface area contributed by atoms with Gasteiger partial charge < -0.3 is 0 Å². The van der Waals surface area contributed by atoms with Gasteiger partial charge in [0, 0.05) is 0 Å². The number of nitriles is 2. The molecule has 134 valence electrons. The van der Waals surface area contributed by atoms with Crippen molar-refractivity contribution in [2.24, 2.45) is 0 Å². The Balaban J connectivity index is 1.60. The average Bonchev–Trinajstić information content (AvgIpc) is 3.36. The minimum atomic E-state index is 0.561. The maximum Gasteiger partial charge on any atom is 0.139 e. The topological polar surface area (TPSA) is 73.4 Å². The van der Waals surface area contributed by atoms with Gasteiger partial charge in [0.25, 0.3) is 0 Å². The second-order valence-corrected chi connectivity index (χ2v) is 9.16. The van der Waals surface area contributed by atoms with Crippen LogP contribution in [-0.2, 0) is 0 Å². The highest BCUT2D eigenvalue weighted by Gasteiger charge is 2.20. The third kappa shape index (κ3) is 3.68. The summed E-state index contributed by atoms with van der Waals surface area (Å²) in [7, 11) is 2.73. The number of benzene rings is 2. The van der Waals surface area contributed by atoms with Crippen molar-refractivity contribution in [3.05, 3.63) is 71.8 Å². The quantitative estimate of drug-likeness (QED) is 0.335. The number of rotatable bonds is 5. The van der Waals surface area contributed by atoms with Crippen LogP contribution < -0.4 is 0 Å². The van der Waals surface area contributed by atoms with E-state index in [-0.39, 0.29) is 0 Å². The summed E-state index contributed by atoms with van der Waals surface area (Å²) in [6.07, 6.45) is 0. The Morgan fingerprint density at radius 3 is 1.39 bits per heavy atom. The highest BCUT2D eigenvalue weighted by atomic mass is 33.1. The lowest BCUT2D eigenvalue weighted by Crippen LogP contribution is -1.81. The third-order valence-corrected chi connectivity index (χ3v) is 8.03. The SMILES string of the molecule is N#Cc1c(SSc2nsc(-c3ccccc3)c2C#N)nsc1-c1ccccc1. The first-order valence-corrected chi connectivity index (χ1v) is 11.8. The lowest BCUT2D eigenvalue weighted by atomic mass is 10.1. The zero-order valence-corrected chi connectivity index (χ0v) is 17.5. The fourth-order valence-corrected chi connectivity index (χ4v) is 6.73. The normalized spacial score (nSPS) is 10.4. The van der Waals surface area contributed by atoms with E-state index in [0.29, 0.717) is 21.2 Å². The summed E-state index contributed by atoms with van der Waals surface area (Å²) in [5.74, 6) is 0. The Bertz CT molecular complexity index is 1090. The van der Waals surface area contributed by atoms with Gasteiger partial charge in [-0.1, -0.05) is 60.7 Å². The van der Waals surface area contributed by atoms with E-state index in [0.717, 1.165) is 20.9 Å². The fourth-order valence-electron chi connectivity index (χ4n) is 2.51. The predicted octanol–water partition coefficient (Wildman–Crippen LogP) is 6.48. The van der Waals surface area contributed by atoms with Gasteiger partial charge in [-0.2, -0.15) is 19.3 Å². The molecule has 28 heavy (non-hydrogen) atoms. The van der Waals surface area contributed by atoms with Crippen LogP contribution in [0.25, 0.3) is 20.9 Å². The first-order chi connectivity index (χ1) is 13.8. The summed E-state index contributed by atoms with van der Waals surface area (Å²) in [6.45, 7) is 0. The van der Waals surface area contributed by atoms with E-state index >= 15 is 0 Å². The Labute approximate surface area is 178 Å². The predicted molar refractivity (Wildman–Crippen MR) is 116 cm³/mol. The van der Waals surface area contributed by atoms with E-state index in [4.69, 9.17) is 0 Å². The van der Waals surface area contributed by atoms with Crippen LogP contribution in [0, 0.1) is 22.7 Å². The first-order valence-electron chi connectivity index (χ1n) is 8.06. The molecule has 0 N–H and O–H groups in total. The van der Waals surface area contributed by atoms with E-state index < -0.39 is 0 Å². The van der Waals surface area contributed by atoms with Gasteiger partial charge in [-0.05, 0) is 55.8 Å². The van der Waals surface area contributed by atoms with Gasteiger partial charge in [-0.25, -0.2) is 0 Å². The molecular weight excluding hydrogens is 425 g/mol. The van der Waals surface area contributed by atoms with Crippen LogP contribution in [0.1, 0.15) is 11.1 Å². The summed E-state index contributed by atoms with van der Waals surface area (Å²) in [5, 5.41) is 20.6. The highest BCUT2D eigenvalue weighted by Crippen LogP contribution is 2.45. The number of hydrogen-bond acceptors (Lipinski definition) is 8. The van der Waals surface area contributed by atoms with Gasteiger partial charge in [0.2, 0.25) is 0 Å². The monoisotopic (exact) mass is 434 g/mol. The van der Waals surface area contributed by atoms with Crippen molar-refractivity contribution in [1.82, 2.24) is 8.75 Å². The highest BCUT2D eigenvalue weighted by molar-refractivity contribution is 8.76. The number of aromatic nitrogens is 2. The fraction of sp³-hybridized carbons (Fsp3) is 0. The van der Waals surface area contributed by atoms with Gasteiger partial charge >= 0.3 is 0 Å². The Morgan fingerprint density at radius 1 is 0.643 bits per heavy atom. The minimum absolute atomic E-state index is 0.561. The molecule has 0 radical (unpaired) electrons. The molecule has 0 aliphatic carbocycles. The third-order valence-electron chi connectivity index (χ3n) is 3.82. The van der Waals surface area contributed by atoms with Crippen LogP contribution in [0.4, 0.5) is 0 Å². The van der Waals surface area contributed by atoms with Crippen molar-refractivity contribution in [2.45, 2.75) is 10.1 Å². The number of hydrogen-bond donors (Lipinski definition) is 0. The van der Waals surface area contributed by atoms with Crippen LogP contribution in [0.2, 0.25) is 0 Å². The minimum Gasteiger partial charge on any atom is -0.192 e. The van der Waals surface area contributed by atoms with Crippen molar-refractivity contribution in [2.75, 3.05) is 0 Å². The average molecular weight is 435 g/mol. The second kappa shape index (κ2) is 8.59. The molecule has 0 atom stereocenters. The molecule has 0 unspecified atom stereocenters. The maximum absolute atomic E-state index is 9.63. The Morgan fingerprint density at radius 2 is 1.04 bits per heavy atom. The summed E-state index contributed by atoms with van der Waals surface area (Å²) < 4.78 is 8.91. The summed E-state index contributed by atoms with van der Waals surface area (Å²) in [4.78, 5) is 1.71. The zero-order valence-electron chi connectivity index (χ0n) is 14.2. The molecule has 4 nitrogen and oxygen atoms in total. The van der Waals surface area contributed by atoms with Crippen molar-refractivity contribution < 1.29 is 0 Å². The van der Waals surface area contributed by atoms with Gasteiger partial charge in [0.15, 0.2) is 0 Å². The van der Waals surface area contributed by atoms with Crippen LogP contribution in [-0.4, -0.2) is 8.75 Å². The van der Waals surface area contributed by atoms with Crippen LogP contribution in [0.15, 0.2) is 70.7 Å². The van der Waals surface area contributed by atoms with Gasteiger partial charge in [-0.3, -0.25) is 0 Å². The molecule has 0 aliphatic rings. The first kappa shape index (κ1) is 18.7. The molecule has 0 aliphatic heterocycles. The van der Waals surface area contributed by atoms with Crippen molar-refractivity contribution in [3.8, 4) is 33.0 Å². The molecular formula is C20H10N4S4. The smallest absolute Gasteiger partial charge is 0.139 e. The van der Waals surface area contributed by atoms with E-state index in [1.807, 2.05) is 60.7 Å². The molecule has 2 heterocycles. The molecule has 0 amide bonds. The molecule has 2 aromatic carbocycles. The molecule has 0 saturated heterocycles. The molecule has 2 aromatic heterocycles. The van der Waals surface area contributed by atoms with Crippen molar-refractivity contribution >= 4 is 44.7 Å². The molecule has 0 bridgehead atoms. The molecule has 0 fully saturated rings. The molecule has 4 rings (SSSR count). The van der Waals surface area contributed by atoms with Crippen molar-refractivity contribution in [1.29, 1.82) is 10.5 Å². The van der Waals surface area contributed by atoms with Gasteiger partial charge in [0.1, 0.15) is 33.3 Å². The van der Waals surface area contributed by atoms with Crippen LogP contribution >= 0.6 is 44.7 Å². The standard InChI is InChI=1S/C20H10N4S4/c21-11-15-17(13-7-3-1-4-8-13)25-23-19(15)27-28-20-16(12-22)18(26-24-20)14-9-5-2-6-10-14/h1-10H. The lowest BCUT2D eigenvalue weighted by Gasteiger charge is -1.99. The molecule has 8 heteroatoms. The molecule has 0 saturated carbocycles. The lowest BCUT2D eigenvalue weighted by molar-refractivity contribution is 1.25. The van der Waals surface area contributed by atoms with E-state index in [9.17, 15) is 10.5 Å². The van der Waals surface area contributed by atoms with Gasteiger partial charge in [-0.15, -0.1) is 0 Å². The number of nitrogens with zero attached hydrogens (tertiary/aromatic N) is 4.